The van der Waals surface area contributed by atoms with Crippen molar-refractivity contribution in [2.45, 2.75) is 26.8 Å². The molecule has 156 valence electrons. The molecule has 0 radical (unpaired) electrons. The van der Waals surface area contributed by atoms with Crippen molar-refractivity contribution in [2.75, 3.05) is 19.0 Å². The summed E-state index contributed by atoms with van der Waals surface area (Å²) in [6, 6.07) is 13.3. The van der Waals surface area contributed by atoms with Gasteiger partial charge in [0.15, 0.2) is 0 Å². The standard InChI is InChI=1S/C23H25N3O4/c1-5-30-22(28)19-15(3)26(4)23(29)25-20(19)17-7-6-8-18(13-17)24-21(27)16-11-9-14(2)10-12-16/h6-13,20H,5H2,1-4H3,(H,24,27)(H,25,29)/t20-/m1/s1. The van der Waals surface area contributed by atoms with E-state index in [0.717, 1.165) is 5.56 Å². The maximum absolute atomic E-state index is 12.6. The van der Waals surface area contributed by atoms with E-state index in [9.17, 15) is 14.4 Å². The number of nitrogens with one attached hydrogen (secondary N) is 2. The molecule has 2 aromatic rings. The molecule has 7 heteroatoms. The quantitative estimate of drug-likeness (QED) is 0.739. The molecule has 1 aliphatic rings. The van der Waals surface area contributed by atoms with Crippen molar-refractivity contribution in [3.05, 3.63) is 76.5 Å². The highest BCUT2D eigenvalue weighted by atomic mass is 16.5. The van der Waals surface area contributed by atoms with Gasteiger partial charge in [0.2, 0.25) is 0 Å². The SMILES string of the molecule is CCOC(=O)C1=C(C)N(C)C(=O)N[C@@H]1c1cccc(NC(=O)c2ccc(C)cc2)c1. The highest BCUT2D eigenvalue weighted by Crippen LogP contribution is 2.31. The number of nitrogens with zero attached hydrogens (tertiary/aromatic N) is 1. The van der Waals surface area contributed by atoms with Crippen molar-refractivity contribution in [3.63, 3.8) is 0 Å². The summed E-state index contributed by atoms with van der Waals surface area (Å²) in [6.07, 6.45) is 0. The third-order valence-corrected chi connectivity index (χ3v) is 5.04. The van der Waals surface area contributed by atoms with Gasteiger partial charge in [-0.2, -0.15) is 0 Å². The van der Waals surface area contributed by atoms with E-state index in [0.29, 0.717) is 28.1 Å². The monoisotopic (exact) mass is 407 g/mol. The Balaban J connectivity index is 1.91. The van der Waals surface area contributed by atoms with Crippen molar-refractivity contribution >= 4 is 23.6 Å². The molecule has 0 unspecified atom stereocenters. The summed E-state index contributed by atoms with van der Waals surface area (Å²) in [7, 11) is 1.60. The molecule has 3 rings (SSSR count). The molecule has 2 N–H and O–H groups in total. The summed E-state index contributed by atoms with van der Waals surface area (Å²) in [6.45, 7) is 5.63. The van der Waals surface area contributed by atoms with Crippen LogP contribution in [0.1, 0.15) is 41.4 Å². The van der Waals surface area contributed by atoms with Crippen molar-refractivity contribution in [1.82, 2.24) is 10.2 Å². The maximum Gasteiger partial charge on any atom is 0.338 e. The average molecular weight is 407 g/mol. The minimum atomic E-state index is -0.677. The van der Waals surface area contributed by atoms with Gasteiger partial charge >= 0.3 is 12.0 Å². The molecule has 1 aliphatic heterocycles. The van der Waals surface area contributed by atoms with Gasteiger partial charge < -0.3 is 20.3 Å². The van der Waals surface area contributed by atoms with Crippen LogP contribution in [0.3, 0.4) is 0 Å². The number of amides is 3. The van der Waals surface area contributed by atoms with Gasteiger partial charge in [-0.3, -0.25) is 4.79 Å². The summed E-state index contributed by atoms with van der Waals surface area (Å²) >= 11 is 0. The normalized spacial score (nSPS) is 16.2. The van der Waals surface area contributed by atoms with Gasteiger partial charge in [-0.1, -0.05) is 29.8 Å². The van der Waals surface area contributed by atoms with Crippen LogP contribution < -0.4 is 10.6 Å². The molecule has 0 saturated carbocycles. The smallest absolute Gasteiger partial charge is 0.338 e. The lowest BCUT2D eigenvalue weighted by Gasteiger charge is -2.33. The van der Waals surface area contributed by atoms with E-state index in [4.69, 9.17) is 4.74 Å². The minimum absolute atomic E-state index is 0.229. The molecule has 30 heavy (non-hydrogen) atoms. The molecule has 2 aromatic carbocycles. The van der Waals surface area contributed by atoms with E-state index < -0.39 is 12.0 Å². The second-order valence-corrected chi connectivity index (χ2v) is 7.11. The fraction of sp³-hybridized carbons (Fsp3) is 0.261. The zero-order valence-electron chi connectivity index (χ0n) is 17.5. The average Bonchev–Trinajstić information content (AvgIpc) is 2.72. The Morgan fingerprint density at radius 2 is 1.83 bits per heavy atom. The number of aryl methyl sites for hydroxylation is 1. The van der Waals surface area contributed by atoms with Crippen molar-refractivity contribution in [2.24, 2.45) is 0 Å². The molecular weight excluding hydrogens is 382 g/mol. The van der Waals surface area contributed by atoms with Crippen molar-refractivity contribution in [1.29, 1.82) is 0 Å². The van der Waals surface area contributed by atoms with Crippen LogP contribution in [0, 0.1) is 6.92 Å². The van der Waals surface area contributed by atoms with E-state index in [-0.39, 0.29) is 18.5 Å². The predicted octanol–water partition coefficient (Wildman–Crippen LogP) is 3.78. The van der Waals surface area contributed by atoms with Crippen LogP contribution in [-0.2, 0) is 9.53 Å². The molecule has 0 saturated heterocycles. The number of allylic oxidation sites excluding steroid dienone is 1. The molecular formula is C23H25N3O4. The van der Waals surface area contributed by atoms with E-state index in [1.807, 2.05) is 19.1 Å². The molecule has 0 aliphatic carbocycles. The Labute approximate surface area is 175 Å². The lowest BCUT2D eigenvalue weighted by atomic mass is 9.94. The van der Waals surface area contributed by atoms with Gasteiger partial charge in [-0.15, -0.1) is 0 Å². The Kier molecular flexibility index (Phi) is 6.20. The molecule has 1 heterocycles. The zero-order valence-corrected chi connectivity index (χ0v) is 17.5. The number of hydrogen-bond donors (Lipinski definition) is 2. The number of hydrogen-bond acceptors (Lipinski definition) is 4. The lowest BCUT2D eigenvalue weighted by Crippen LogP contribution is -2.46. The third kappa shape index (κ3) is 4.35. The van der Waals surface area contributed by atoms with Gasteiger partial charge in [0.25, 0.3) is 5.91 Å². The first-order valence-corrected chi connectivity index (χ1v) is 9.72. The number of anilines is 1. The number of urea groups is 1. The van der Waals surface area contributed by atoms with E-state index in [1.54, 1.807) is 57.3 Å². The number of carbonyl (C=O) groups excluding carboxylic acids is 3. The van der Waals surface area contributed by atoms with Gasteiger partial charge in [-0.05, 0) is 50.6 Å². The van der Waals surface area contributed by atoms with Gasteiger partial charge in [0.1, 0.15) is 0 Å². The number of carbonyl (C=O) groups is 3. The van der Waals surface area contributed by atoms with Gasteiger partial charge in [-0.25, -0.2) is 9.59 Å². The zero-order chi connectivity index (χ0) is 21.8. The lowest BCUT2D eigenvalue weighted by molar-refractivity contribution is -0.139. The van der Waals surface area contributed by atoms with Crippen LogP contribution in [0.2, 0.25) is 0 Å². The summed E-state index contributed by atoms with van der Waals surface area (Å²) in [5.74, 6) is -0.724. The second-order valence-electron chi connectivity index (χ2n) is 7.11. The van der Waals surface area contributed by atoms with Crippen LogP contribution in [0.25, 0.3) is 0 Å². The fourth-order valence-electron chi connectivity index (χ4n) is 3.26. The summed E-state index contributed by atoms with van der Waals surface area (Å²) in [5, 5.41) is 5.70. The second kappa shape index (κ2) is 8.82. The molecule has 3 amide bonds. The number of esters is 1. The van der Waals surface area contributed by atoms with E-state index in [1.165, 1.54) is 4.90 Å². The van der Waals surface area contributed by atoms with Crippen LogP contribution >= 0.6 is 0 Å². The highest BCUT2D eigenvalue weighted by Gasteiger charge is 2.35. The molecule has 0 fully saturated rings. The molecule has 0 aromatic heterocycles. The topological polar surface area (TPSA) is 87.7 Å². The molecule has 1 atom stereocenters. The Bertz CT molecular complexity index is 1010. The van der Waals surface area contributed by atoms with E-state index in [2.05, 4.69) is 10.6 Å². The van der Waals surface area contributed by atoms with Crippen LogP contribution in [-0.4, -0.2) is 36.5 Å². The molecule has 0 spiro atoms. The molecule has 0 bridgehead atoms. The van der Waals surface area contributed by atoms with Crippen molar-refractivity contribution < 1.29 is 19.1 Å². The Morgan fingerprint density at radius 3 is 2.50 bits per heavy atom. The summed E-state index contributed by atoms with van der Waals surface area (Å²) in [5.41, 5.74) is 3.73. The number of rotatable bonds is 5. The van der Waals surface area contributed by atoms with Gasteiger partial charge in [0, 0.05) is 24.0 Å². The van der Waals surface area contributed by atoms with Crippen molar-refractivity contribution in [3.8, 4) is 0 Å². The first kappa shape index (κ1) is 21.1. The fourth-order valence-corrected chi connectivity index (χ4v) is 3.26. The first-order chi connectivity index (χ1) is 14.3. The largest absolute Gasteiger partial charge is 0.463 e. The Hall–Kier alpha value is -3.61. The number of benzene rings is 2. The third-order valence-electron chi connectivity index (χ3n) is 5.04. The van der Waals surface area contributed by atoms with Gasteiger partial charge in [0.05, 0.1) is 18.2 Å². The Morgan fingerprint density at radius 1 is 1.13 bits per heavy atom. The minimum Gasteiger partial charge on any atom is -0.463 e. The van der Waals surface area contributed by atoms with Crippen LogP contribution in [0.4, 0.5) is 10.5 Å². The first-order valence-electron chi connectivity index (χ1n) is 9.72. The predicted molar refractivity (Wildman–Crippen MR) is 114 cm³/mol. The van der Waals surface area contributed by atoms with Crippen LogP contribution in [0.15, 0.2) is 59.8 Å². The molecule has 7 nitrogen and oxygen atoms in total. The highest BCUT2D eigenvalue weighted by molar-refractivity contribution is 6.04. The van der Waals surface area contributed by atoms with E-state index >= 15 is 0 Å². The maximum atomic E-state index is 12.6. The number of ether oxygens (including phenoxy) is 1. The summed E-state index contributed by atoms with van der Waals surface area (Å²) < 4.78 is 5.20. The van der Waals surface area contributed by atoms with Crippen LogP contribution in [0.5, 0.6) is 0 Å². The summed E-state index contributed by atoms with van der Waals surface area (Å²) in [4.78, 5) is 38.9.